The second kappa shape index (κ2) is 4.31. The minimum absolute atomic E-state index is 0.499. The van der Waals surface area contributed by atoms with Crippen LogP contribution in [0.5, 0.6) is 0 Å². The number of pyridine rings is 1. The summed E-state index contributed by atoms with van der Waals surface area (Å²) in [6, 6.07) is 5.89. The molecule has 0 amide bonds. The van der Waals surface area contributed by atoms with E-state index in [0.29, 0.717) is 6.42 Å². The van der Waals surface area contributed by atoms with Crippen molar-refractivity contribution in [2.75, 3.05) is 0 Å². The fourth-order valence-electron chi connectivity index (χ4n) is 2.32. The highest BCUT2D eigenvalue weighted by Crippen LogP contribution is 2.33. The molecule has 0 radical (unpaired) electrons. The highest BCUT2D eigenvalue weighted by molar-refractivity contribution is 5.07. The van der Waals surface area contributed by atoms with Crippen LogP contribution in [0.4, 0.5) is 0 Å². The molecule has 0 aromatic carbocycles. The van der Waals surface area contributed by atoms with Crippen LogP contribution in [0.25, 0.3) is 0 Å². The molecule has 2 rings (SSSR count). The summed E-state index contributed by atoms with van der Waals surface area (Å²) in [5, 5.41) is 10.4. The fraction of sp³-hybridized carbons (Fsp3) is 0.615. The molecular formula is C13H19NO. The van der Waals surface area contributed by atoms with Crippen LogP contribution in [0.15, 0.2) is 24.4 Å². The topological polar surface area (TPSA) is 33.1 Å². The van der Waals surface area contributed by atoms with E-state index in [1.807, 2.05) is 18.2 Å². The monoisotopic (exact) mass is 205 g/mol. The molecule has 0 unspecified atom stereocenters. The van der Waals surface area contributed by atoms with Gasteiger partial charge < -0.3 is 5.11 Å². The van der Waals surface area contributed by atoms with Crippen molar-refractivity contribution in [1.29, 1.82) is 0 Å². The molecule has 0 spiro atoms. The molecule has 1 aromatic rings. The highest BCUT2D eigenvalue weighted by Gasteiger charge is 2.32. The lowest BCUT2D eigenvalue weighted by molar-refractivity contribution is -0.00744. The molecule has 2 nitrogen and oxygen atoms in total. The molecule has 82 valence electrons. The maximum atomic E-state index is 10.4. The Hall–Kier alpha value is -0.890. The van der Waals surface area contributed by atoms with Crippen molar-refractivity contribution in [2.24, 2.45) is 5.92 Å². The van der Waals surface area contributed by atoms with Crippen LogP contribution in [-0.4, -0.2) is 15.7 Å². The van der Waals surface area contributed by atoms with E-state index in [1.165, 1.54) is 0 Å². The van der Waals surface area contributed by atoms with Crippen LogP contribution in [0.1, 0.15) is 38.3 Å². The van der Waals surface area contributed by atoms with Crippen molar-refractivity contribution >= 4 is 0 Å². The first-order valence-electron chi connectivity index (χ1n) is 5.80. The van der Waals surface area contributed by atoms with Crippen molar-refractivity contribution in [3.63, 3.8) is 0 Å². The van der Waals surface area contributed by atoms with Crippen LogP contribution >= 0.6 is 0 Å². The van der Waals surface area contributed by atoms with Gasteiger partial charge in [-0.25, -0.2) is 0 Å². The van der Waals surface area contributed by atoms with E-state index in [9.17, 15) is 5.11 Å². The average Bonchev–Trinajstić information content (AvgIpc) is 2.24. The van der Waals surface area contributed by atoms with Gasteiger partial charge in [-0.15, -0.1) is 0 Å². The van der Waals surface area contributed by atoms with Gasteiger partial charge in [0.05, 0.1) is 5.60 Å². The van der Waals surface area contributed by atoms with Gasteiger partial charge in [-0.2, -0.15) is 0 Å². The second-order valence-electron chi connectivity index (χ2n) is 4.90. The summed E-state index contributed by atoms with van der Waals surface area (Å²) in [6.07, 6.45) is 6.63. The van der Waals surface area contributed by atoms with Gasteiger partial charge in [0.1, 0.15) is 0 Å². The maximum absolute atomic E-state index is 10.4. The Balaban J connectivity index is 1.99. The van der Waals surface area contributed by atoms with Crippen molar-refractivity contribution in [3.8, 4) is 0 Å². The van der Waals surface area contributed by atoms with Gasteiger partial charge in [0.2, 0.25) is 0 Å². The van der Waals surface area contributed by atoms with Gasteiger partial charge in [-0.3, -0.25) is 4.98 Å². The third kappa shape index (κ3) is 2.78. The molecule has 1 aliphatic rings. The summed E-state index contributed by atoms with van der Waals surface area (Å²) >= 11 is 0. The van der Waals surface area contributed by atoms with Crippen LogP contribution < -0.4 is 0 Å². The quantitative estimate of drug-likeness (QED) is 0.805. The summed E-state index contributed by atoms with van der Waals surface area (Å²) < 4.78 is 0. The molecule has 1 aromatic heterocycles. The van der Waals surface area contributed by atoms with Crippen molar-refractivity contribution in [3.05, 3.63) is 30.1 Å². The second-order valence-corrected chi connectivity index (χ2v) is 4.90. The molecule has 1 saturated carbocycles. The molecule has 1 heterocycles. The Morgan fingerprint density at radius 1 is 1.40 bits per heavy atom. The van der Waals surface area contributed by atoms with Crippen LogP contribution in [0, 0.1) is 5.92 Å². The van der Waals surface area contributed by atoms with Crippen LogP contribution in [-0.2, 0) is 6.42 Å². The number of hydrogen-bond donors (Lipinski definition) is 1. The first-order chi connectivity index (χ1) is 7.18. The lowest BCUT2D eigenvalue weighted by Gasteiger charge is -2.34. The summed E-state index contributed by atoms with van der Waals surface area (Å²) in [7, 11) is 0. The minimum Gasteiger partial charge on any atom is -0.389 e. The van der Waals surface area contributed by atoms with Crippen molar-refractivity contribution in [2.45, 2.75) is 44.6 Å². The number of hydrogen-bond acceptors (Lipinski definition) is 2. The van der Waals surface area contributed by atoms with Gasteiger partial charge in [0, 0.05) is 18.3 Å². The van der Waals surface area contributed by atoms with Crippen molar-refractivity contribution < 1.29 is 5.11 Å². The highest BCUT2D eigenvalue weighted by atomic mass is 16.3. The average molecular weight is 205 g/mol. The van der Waals surface area contributed by atoms with Crippen molar-refractivity contribution in [1.82, 2.24) is 4.98 Å². The Bertz CT molecular complexity index is 302. The lowest BCUT2D eigenvalue weighted by Crippen LogP contribution is -2.36. The molecular weight excluding hydrogens is 186 g/mol. The summed E-state index contributed by atoms with van der Waals surface area (Å²) in [6.45, 7) is 2.26. The zero-order valence-electron chi connectivity index (χ0n) is 9.32. The number of aromatic nitrogens is 1. The fourth-order valence-corrected chi connectivity index (χ4v) is 2.32. The Labute approximate surface area is 91.4 Å². The third-order valence-corrected chi connectivity index (χ3v) is 3.44. The van der Waals surface area contributed by atoms with Crippen LogP contribution in [0.3, 0.4) is 0 Å². The molecule has 1 aliphatic carbocycles. The maximum Gasteiger partial charge on any atom is 0.0703 e. The largest absolute Gasteiger partial charge is 0.389 e. The van der Waals surface area contributed by atoms with E-state index >= 15 is 0 Å². The summed E-state index contributed by atoms with van der Waals surface area (Å²) in [5.74, 6) is 0.772. The zero-order valence-corrected chi connectivity index (χ0v) is 9.32. The molecule has 2 heteroatoms. The molecule has 1 fully saturated rings. The van der Waals surface area contributed by atoms with Gasteiger partial charge in [0.25, 0.3) is 0 Å². The Kier molecular flexibility index (Phi) is 3.06. The first-order valence-corrected chi connectivity index (χ1v) is 5.80. The predicted octanol–water partition coefficient (Wildman–Crippen LogP) is 2.57. The number of aliphatic hydroxyl groups is 1. The van der Waals surface area contributed by atoms with Gasteiger partial charge >= 0.3 is 0 Å². The van der Waals surface area contributed by atoms with E-state index in [-0.39, 0.29) is 0 Å². The van der Waals surface area contributed by atoms with Gasteiger partial charge in [0.15, 0.2) is 0 Å². The Morgan fingerprint density at radius 2 is 2.13 bits per heavy atom. The van der Waals surface area contributed by atoms with E-state index in [2.05, 4.69) is 11.9 Å². The summed E-state index contributed by atoms with van der Waals surface area (Å²) in [5.41, 5.74) is 0.510. The predicted molar refractivity (Wildman–Crippen MR) is 60.5 cm³/mol. The normalized spacial score (nSPS) is 31.5. The van der Waals surface area contributed by atoms with Gasteiger partial charge in [-0.1, -0.05) is 13.0 Å². The SMILES string of the molecule is CC1CCC(O)(Cc2ccccn2)CC1. The Morgan fingerprint density at radius 3 is 2.73 bits per heavy atom. The molecule has 15 heavy (non-hydrogen) atoms. The molecule has 0 aliphatic heterocycles. The van der Waals surface area contributed by atoms with E-state index in [1.54, 1.807) is 6.20 Å². The lowest BCUT2D eigenvalue weighted by atomic mass is 9.77. The van der Waals surface area contributed by atoms with Crippen LogP contribution in [0.2, 0.25) is 0 Å². The minimum atomic E-state index is -0.499. The first kappa shape index (κ1) is 10.6. The molecule has 0 bridgehead atoms. The van der Waals surface area contributed by atoms with E-state index in [0.717, 1.165) is 37.3 Å². The zero-order chi connectivity index (χ0) is 10.7. The van der Waals surface area contributed by atoms with Gasteiger partial charge in [-0.05, 0) is 43.7 Å². The van der Waals surface area contributed by atoms with E-state index in [4.69, 9.17) is 0 Å². The standard InChI is InChI=1S/C13H19NO/c1-11-5-7-13(15,8-6-11)10-12-4-2-3-9-14-12/h2-4,9,11,15H,5-8,10H2,1H3. The smallest absolute Gasteiger partial charge is 0.0703 e. The number of nitrogens with zero attached hydrogens (tertiary/aromatic N) is 1. The molecule has 0 atom stereocenters. The third-order valence-electron chi connectivity index (χ3n) is 3.44. The molecule has 1 N–H and O–H groups in total. The van der Waals surface area contributed by atoms with E-state index < -0.39 is 5.60 Å². The summed E-state index contributed by atoms with van der Waals surface area (Å²) in [4.78, 5) is 4.28. The molecule has 0 saturated heterocycles. The number of rotatable bonds is 2.